The van der Waals surface area contributed by atoms with Gasteiger partial charge in [-0.1, -0.05) is 75.1 Å². The third kappa shape index (κ3) is 8.94. The number of aromatic nitrogens is 1. The van der Waals surface area contributed by atoms with E-state index in [1.165, 1.54) is 11.3 Å². The molecule has 0 aliphatic carbocycles. The molecular weight excluding hydrogens is 474 g/mol. The molecular formula is C32H39N3O3. The number of benzene rings is 2. The first kappa shape index (κ1) is 28.8. The monoisotopic (exact) mass is 513 g/mol. The molecule has 6 nitrogen and oxygen atoms in total. The maximum atomic E-state index is 12.5. The molecule has 1 N–H and O–H groups in total. The fourth-order valence-corrected chi connectivity index (χ4v) is 4.37. The Bertz CT molecular complexity index is 1190. The summed E-state index contributed by atoms with van der Waals surface area (Å²) in [5.41, 5.74) is 4.55. The van der Waals surface area contributed by atoms with Crippen LogP contribution in [0.2, 0.25) is 0 Å². The predicted molar refractivity (Wildman–Crippen MR) is 153 cm³/mol. The Morgan fingerprint density at radius 2 is 1.66 bits per heavy atom. The van der Waals surface area contributed by atoms with Crippen molar-refractivity contribution in [3.8, 4) is 11.3 Å². The zero-order chi connectivity index (χ0) is 27.3. The van der Waals surface area contributed by atoms with Crippen LogP contribution < -0.4 is 5.32 Å². The van der Waals surface area contributed by atoms with Crippen LogP contribution in [-0.2, 0) is 27.3 Å². The molecule has 1 atom stereocenters. The number of Topliss-reactive ketones (excluding diaryl/α,β-unsaturated/α-hetero) is 2. The van der Waals surface area contributed by atoms with Crippen molar-refractivity contribution >= 4 is 23.2 Å². The van der Waals surface area contributed by atoms with Gasteiger partial charge in [0.1, 0.15) is 0 Å². The van der Waals surface area contributed by atoms with Gasteiger partial charge in [-0.2, -0.15) is 0 Å². The van der Waals surface area contributed by atoms with Crippen molar-refractivity contribution in [2.75, 3.05) is 12.4 Å². The largest absolute Gasteiger partial charge is 0.375 e. The summed E-state index contributed by atoms with van der Waals surface area (Å²) in [7, 11) is 1.67. The molecule has 0 saturated heterocycles. The molecule has 0 fully saturated rings. The van der Waals surface area contributed by atoms with Gasteiger partial charge >= 0.3 is 0 Å². The van der Waals surface area contributed by atoms with Crippen LogP contribution in [0.15, 0.2) is 72.9 Å². The lowest BCUT2D eigenvalue weighted by Crippen LogP contribution is -2.32. The van der Waals surface area contributed by atoms with E-state index in [0.717, 1.165) is 53.8 Å². The highest BCUT2D eigenvalue weighted by Gasteiger charge is 2.19. The second kappa shape index (κ2) is 14.8. The van der Waals surface area contributed by atoms with E-state index in [2.05, 4.69) is 17.2 Å². The Hall–Kier alpha value is -3.80. The molecule has 200 valence electrons. The standard InChI is InChI=1S/C32H39N3O3/c1-4-5-6-7-11-17-31(37)32(38)35(3)23-26-13-12-14-27(20-26)29-19-18-25(22-33-29)21-30(24(2)36)34-28-15-9-8-10-16-28/h8-10,12-16,18-20,22,30,34H,4-7,11,17,21,23H2,1-3H3/t30-/m0/s1. The van der Waals surface area contributed by atoms with Crippen molar-refractivity contribution in [1.29, 1.82) is 0 Å². The molecule has 1 amide bonds. The Kier molecular flexibility index (Phi) is 11.2. The van der Waals surface area contributed by atoms with Gasteiger partial charge in [-0.3, -0.25) is 19.4 Å². The quantitative estimate of drug-likeness (QED) is 0.192. The van der Waals surface area contributed by atoms with Crippen LogP contribution in [0.1, 0.15) is 63.5 Å². The van der Waals surface area contributed by atoms with Crippen LogP contribution >= 0.6 is 0 Å². The van der Waals surface area contributed by atoms with E-state index in [4.69, 9.17) is 0 Å². The third-order valence-electron chi connectivity index (χ3n) is 6.61. The Morgan fingerprint density at radius 1 is 0.895 bits per heavy atom. The second-order valence-electron chi connectivity index (χ2n) is 9.88. The molecule has 0 saturated carbocycles. The van der Waals surface area contributed by atoms with E-state index < -0.39 is 5.91 Å². The van der Waals surface area contributed by atoms with Gasteiger partial charge in [0.15, 0.2) is 5.78 Å². The van der Waals surface area contributed by atoms with Crippen molar-refractivity contribution in [3.05, 3.63) is 84.1 Å². The fourth-order valence-electron chi connectivity index (χ4n) is 4.37. The molecule has 0 bridgehead atoms. The summed E-state index contributed by atoms with van der Waals surface area (Å²) in [5.74, 6) is -0.681. The van der Waals surface area contributed by atoms with Crippen LogP contribution in [0.5, 0.6) is 0 Å². The van der Waals surface area contributed by atoms with E-state index in [9.17, 15) is 14.4 Å². The van der Waals surface area contributed by atoms with Gasteiger partial charge in [0.25, 0.3) is 5.91 Å². The van der Waals surface area contributed by atoms with Crippen molar-refractivity contribution in [3.63, 3.8) is 0 Å². The summed E-state index contributed by atoms with van der Waals surface area (Å²) in [4.78, 5) is 43.2. The van der Waals surface area contributed by atoms with Crippen LogP contribution in [0, 0.1) is 0 Å². The molecule has 0 radical (unpaired) electrons. The molecule has 1 aromatic heterocycles. The molecule has 0 spiro atoms. The van der Waals surface area contributed by atoms with Gasteiger partial charge in [0.05, 0.1) is 11.7 Å². The van der Waals surface area contributed by atoms with E-state index in [-0.39, 0.29) is 17.6 Å². The van der Waals surface area contributed by atoms with Crippen LogP contribution in [0.25, 0.3) is 11.3 Å². The van der Waals surface area contributed by atoms with Gasteiger partial charge in [0.2, 0.25) is 5.78 Å². The number of nitrogens with zero attached hydrogens (tertiary/aromatic N) is 2. The number of nitrogens with one attached hydrogen (secondary N) is 1. The topological polar surface area (TPSA) is 79.4 Å². The summed E-state index contributed by atoms with van der Waals surface area (Å²) in [6, 6.07) is 21.2. The van der Waals surface area contributed by atoms with Crippen molar-refractivity contribution in [1.82, 2.24) is 9.88 Å². The third-order valence-corrected chi connectivity index (χ3v) is 6.61. The smallest absolute Gasteiger partial charge is 0.289 e. The van der Waals surface area contributed by atoms with Crippen LogP contribution in [-0.4, -0.2) is 40.4 Å². The molecule has 1 heterocycles. The molecule has 0 unspecified atom stereocenters. The second-order valence-corrected chi connectivity index (χ2v) is 9.88. The zero-order valence-electron chi connectivity index (χ0n) is 22.8. The minimum absolute atomic E-state index is 0.0688. The summed E-state index contributed by atoms with van der Waals surface area (Å²) < 4.78 is 0. The Morgan fingerprint density at radius 3 is 2.34 bits per heavy atom. The van der Waals surface area contributed by atoms with Crippen molar-refractivity contribution < 1.29 is 14.4 Å². The van der Waals surface area contributed by atoms with Gasteiger partial charge in [-0.25, -0.2) is 0 Å². The van der Waals surface area contributed by atoms with Crippen molar-refractivity contribution in [2.45, 2.75) is 71.4 Å². The number of rotatable bonds is 15. The number of carbonyl (C=O) groups excluding carboxylic acids is 3. The summed E-state index contributed by atoms with van der Waals surface area (Å²) in [6.45, 7) is 4.11. The number of unbranched alkanes of at least 4 members (excludes halogenated alkanes) is 4. The van der Waals surface area contributed by atoms with E-state index in [1.54, 1.807) is 20.2 Å². The number of likely N-dealkylation sites (N-methyl/N-ethyl adjacent to an activating group) is 1. The number of carbonyl (C=O) groups is 3. The maximum absolute atomic E-state index is 12.5. The summed E-state index contributed by atoms with van der Waals surface area (Å²) >= 11 is 0. The Labute approximate surface area is 226 Å². The lowest BCUT2D eigenvalue weighted by atomic mass is 10.0. The summed E-state index contributed by atoms with van der Waals surface area (Å²) in [6.07, 6.45) is 7.85. The highest BCUT2D eigenvalue weighted by molar-refractivity contribution is 6.35. The fraction of sp³-hybridized carbons (Fsp3) is 0.375. The number of para-hydroxylation sites is 1. The normalized spacial score (nSPS) is 11.6. The molecule has 6 heteroatoms. The average molecular weight is 514 g/mol. The molecule has 3 aromatic rings. The number of hydrogen-bond donors (Lipinski definition) is 1. The first-order valence-electron chi connectivity index (χ1n) is 13.5. The number of amides is 1. The number of ketones is 2. The minimum Gasteiger partial charge on any atom is -0.375 e. The highest BCUT2D eigenvalue weighted by Crippen LogP contribution is 2.20. The minimum atomic E-state index is -0.433. The lowest BCUT2D eigenvalue weighted by Gasteiger charge is -2.18. The Balaban J connectivity index is 1.58. The molecule has 2 aromatic carbocycles. The molecule has 3 rings (SSSR count). The first-order chi connectivity index (χ1) is 18.4. The predicted octanol–water partition coefficient (Wildman–Crippen LogP) is 6.25. The number of hydrogen-bond acceptors (Lipinski definition) is 5. The van der Waals surface area contributed by atoms with Gasteiger partial charge in [-0.05, 0) is 48.7 Å². The van der Waals surface area contributed by atoms with Gasteiger partial charge in [0, 0.05) is 43.9 Å². The van der Waals surface area contributed by atoms with Gasteiger partial charge in [-0.15, -0.1) is 0 Å². The molecule has 0 aliphatic rings. The molecule has 38 heavy (non-hydrogen) atoms. The van der Waals surface area contributed by atoms with Crippen LogP contribution in [0.4, 0.5) is 5.69 Å². The average Bonchev–Trinajstić information content (AvgIpc) is 2.93. The van der Waals surface area contributed by atoms with Crippen LogP contribution in [0.3, 0.4) is 0 Å². The SMILES string of the molecule is CCCCCCCC(=O)C(=O)N(C)Cc1cccc(-c2ccc(C[C@H](Nc3ccccc3)C(C)=O)cn2)c1. The number of anilines is 1. The van der Waals surface area contributed by atoms with E-state index >= 15 is 0 Å². The lowest BCUT2D eigenvalue weighted by molar-refractivity contribution is -0.144. The molecule has 0 aliphatic heterocycles. The van der Waals surface area contributed by atoms with Crippen molar-refractivity contribution in [2.24, 2.45) is 0 Å². The van der Waals surface area contributed by atoms with Gasteiger partial charge < -0.3 is 10.2 Å². The zero-order valence-corrected chi connectivity index (χ0v) is 22.8. The maximum Gasteiger partial charge on any atom is 0.289 e. The number of pyridine rings is 1. The highest BCUT2D eigenvalue weighted by atomic mass is 16.2. The summed E-state index contributed by atoms with van der Waals surface area (Å²) in [5, 5.41) is 3.30. The van der Waals surface area contributed by atoms with E-state index in [0.29, 0.717) is 19.4 Å². The van der Waals surface area contributed by atoms with E-state index in [1.807, 2.05) is 66.7 Å². The first-order valence-corrected chi connectivity index (χ1v) is 13.5.